The zero-order valence-electron chi connectivity index (χ0n) is 19.7. The number of pyridine rings is 2. The number of carbonyl (C=O) groups excluding carboxylic acids is 1. The third-order valence-corrected chi connectivity index (χ3v) is 6.94. The van der Waals surface area contributed by atoms with Gasteiger partial charge in [0, 0.05) is 63.8 Å². The van der Waals surface area contributed by atoms with Crippen molar-refractivity contribution in [3.05, 3.63) is 55.4 Å². The number of imidazole rings is 1. The molecule has 6 rings (SSSR count). The van der Waals surface area contributed by atoms with E-state index in [0.717, 1.165) is 67.5 Å². The lowest BCUT2D eigenvalue weighted by Crippen LogP contribution is -2.47. The summed E-state index contributed by atoms with van der Waals surface area (Å²) in [6.07, 6.45) is 9.86. The van der Waals surface area contributed by atoms with Crippen LogP contribution in [0.3, 0.4) is 0 Å². The molecular formula is C25H27N9O. The molecule has 0 aliphatic carbocycles. The molecule has 4 aromatic rings. The van der Waals surface area contributed by atoms with E-state index in [2.05, 4.69) is 30.7 Å². The maximum Gasteiger partial charge on any atom is 0.229 e. The number of carbonyl (C=O) groups is 1. The second-order valence-corrected chi connectivity index (χ2v) is 9.07. The monoisotopic (exact) mass is 469 g/mol. The molecular weight excluding hydrogens is 442 g/mol. The Hall–Kier alpha value is -4.08. The lowest BCUT2D eigenvalue weighted by molar-refractivity contribution is -0.120. The van der Waals surface area contributed by atoms with Crippen LogP contribution in [0.25, 0.3) is 16.9 Å². The van der Waals surface area contributed by atoms with E-state index in [1.807, 2.05) is 29.0 Å². The highest BCUT2D eigenvalue weighted by atomic mass is 16.1. The summed E-state index contributed by atoms with van der Waals surface area (Å²) in [5, 5.41) is 0. The number of rotatable bonds is 5. The first-order valence-corrected chi connectivity index (χ1v) is 12.0. The SMILES string of the molecule is CC(=O)C1CCN(c2nc(N3CCN(c4cccnc4)CC3)nc3c2ncn3-c2ccncc2)C1. The highest BCUT2D eigenvalue weighted by molar-refractivity contribution is 5.87. The minimum atomic E-state index is 0.0359. The van der Waals surface area contributed by atoms with E-state index in [0.29, 0.717) is 12.5 Å². The standard InChI is InChI=1S/C25H27N9O/c1-18(35)19-6-10-33(16-19)23-22-24(34(17-28-22)20-4-8-26-9-5-20)30-25(29-23)32-13-11-31(12-14-32)21-3-2-7-27-15-21/h2-5,7-9,15,17,19H,6,10-14,16H2,1H3. The molecule has 2 fully saturated rings. The van der Waals surface area contributed by atoms with E-state index in [9.17, 15) is 4.79 Å². The molecule has 4 aromatic heterocycles. The summed E-state index contributed by atoms with van der Waals surface area (Å²) in [4.78, 5) is 41.9. The van der Waals surface area contributed by atoms with Gasteiger partial charge in [-0.3, -0.25) is 19.3 Å². The molecule has 1 atom stereocenters. The fourth-order valence-corrected chi connectivity index (χ4v) is 4.92. The Morgan fingerprint density at radius 1 is 0.886 bits per heavy atom. The fourth-order valence-electron chi connectivity index (χ4n) is 4.92. The van der Waals surface area contributed by atoms with Crippen molar-refractivity contribution in [3.63, 3.8) is 0 Å². The van der Waals surface area contributed by atoms with Gasteiger partial charge in [-0.2, -0.15) is 9.97 Å². The van der Waals surface area contributed by atoms with Crippen molar-refractivity contribution in [2.45, 2.75) is 13.3 Å². The normalized spacial score (nSPS) is 18.4. The van der Waals surface area contributed by atoms with Gasteiger partial charge in [0.05, 0.1) is 17.6 Å². The minimum Gasteiger partial charge on any atom is -0.367 e. The number of fused-ring (bicyclic) bond motifs is 1. The number of nitrogens with zero attached hydrogens (tertiary/aromatic N) is 9. The first-order chi connectivity index (χ1) is 17.2. The smallest absolute Gasteiger partial charge is 0.229 e. The van der Waals surface area contributed by atoms with Crippen molar-refractivity contribution in [1.29, 1.82) is 0 Å². The van der Waals surface area contributed by atoms with Gasteiger partial charge in [-0.1, -0.05) is 0 Å². The predicted octanol–water partition coefficient (Wildman–Crippen LogP) is 2.35. The number of hydrogen-bond acceptors (Lipinski definition) is 9. The zero-order chi connectivity index (χ0) is 23.8. The molecule has 10 nitrogen and oxygen atoms in total. The van der Waals surface area contributed by atoms with Crippen LogP contribution in [0.5, 0.6) is 0 Å². The Bertz CT molecular complexity index is 1330. The first-order valence-electron chi connectivity index (χ1n) is 12.0. The molecule has 2 aliphatic rings. The van der Waals surface area contributed by atoms with Crippen LogP contribution in [0.4, 0.5) is 17.5 Å². The highest BCUT2D eigenvalue weighted by Crippen LogP contribution is 2.31. The Kier molecular flexibility index (Phi) is 5.48. The van der Waals surface area contributed by atoms with E-state index >= 15 is 0 Å². The second kappa shape index (κ2) is 8.94. The average Bonchev–Trinajstić information content (AvgIpc) is 3.57. The Balaban J connectivity index is 1.36. The molecule has 35 heavy (non-hydrogen) atoms. The van der Waals surface area contributed by atoms with E-state index in [1.165, 1.54) is 0 Å². The molecule has 0 saturated carbocycles. The van der Waals surface area contributed by atoms with E-state index in [1.54, 1.807) is 31.8 Å². The summed E-state index contributed by atoms with van der Waals surface area (Å²) in [6, 6.07) is 7.94. The van der Waals surface area contributed by atoms with Gasteiger partial charge >= 0.3 is 0 Å². The van der Waals surface area contributed by atoms with Crippen LogP contribution in [0.2, 0.25) is 0 Å². The number of ketones is 1. The van der Waals surface area contributed by atoms with Gasteiger partial charge in [0.25, 0.3) is 0 Å². The van der Waals surface area contributed by atoms with Crippen molar-refractivity contribution in [1.82, 2.24) is 29.5 Å². The Morgan fingerprint density at radius 2 is 1.69 bits per heavy atom. The van der Waals surface area contributed by atoms with Crippen LogP contribution in [0, 0.1) is 5.92 Å². The summed E-state index contributed by atoms with van der Waals surface area (Å²) in [7, 11) is 0. The lowest BCUT2D eigenvalue weighted by Gasteiger charge is -2.36. The third kappa shape index (κ3) is 4.05. The molecule has 10 heteroatoms. The van der Waals surface area contributed by atoms with Gasteiger partial charge < -0.3 is 14.7 Å². The van der Waals surface area contributed by atoms with Crippen LogP contribution < -0.4 is 14.7 Å². The largest absolute Gasteiger partial charge is 0.367 e. The fraction of sp³-hybridized carbons (Fsp3) is 0.360. The van der Waals surface area contributed by atoms with Crippen LogP contribution >= 0.6 is 0 Å². The number of Topliss-reactive ketones (excluding diaryl/α,β-unsaturated/α-hetero) is 1. The Morgan fingerprint density at radius 3 is 2.40 bits per heavy atom. The van der Waals surface area contributed by atoms with Crippen LogP contribution in [-0.2, 0) is 4.79 Å². The Labute approximate surface area is 203 Å². The first kappa shape index (κ1) is 21.5. The molecule has 0 radical (unpaired) electrons. The van der Waals surface area contributed by atoms with Gasteiger partial charge in [-0.25, -0.2) is 4.98 Å². The van der Waals surface area contributed by atoms with E-state index < -0.39 is 0 Å². The quantitative estimate of drug-likeness (QED) is 0.436. The number of hydrogen-bond donors (Lipinski definition) is 0. The lowest BCUT2D eigenvalue weighted by atomic mass is 10.1. The van der Waals surface area contributed by atoms with Crippen LogP contribution in [-0.4, -0.2) is 74.5 Å². The third-order valence-electron chi connectivity index (χ3n) is 6.94. The summed E-state index contributed by atoms with van der Waals surface area (Å²) in [6.45, 7) is 6.46. The molecule has 0 aromatic carbocycles. The molecule has 6 heterocycles. The van der Waals surface area contributed by atoms with Crippen LogP contribution in [0.15, 0.2) is 55.4 Å². The molecule has 0 N–H and O–H groups in total. The van der Waals surface area contributed by atoms with Crippen LogP contribution in [0.1, 0.15) is 13.3 Å². The molecule has 1 unspecified atom stereocenters. The van der Waals surface area contributed by atoms with Gasteiger partial charge in [0.15, 0.2) is 17.0 Å². The number of piperazine rings is 1. The van der Waals surface area contributed by atoms with Crippen molar-refractivity contribution in [2.24, 2.45) is 5.92 Å². The molecule has 178 valence electrons. The van der Waals surface area contributed by atoms with Gasteiger partial charge in [0.1, 0.15) is 12.1 Å². The van der Waals surface area contributed by atoms with Crippen molar-refractivity contribution in [2.75, 3.05) is 54.0 Å². The highest BCUT2D eigenvalue weighted by Gasteiger charge is 2.30. The predicted molar refractivity (Wildman–Crippen MR) is 134 cm³/mol. The second-order valence-electron chi connectivity index (χ2n) is 9.07. The molecule has 2 aliphatic heterocycles. The van der Waals surface area contributed by atoms with Gasteiger partial charge in [-0.15, -0.1) is 0 Å². The molecule has 0 amide bonds. The molecule has 2 saturated heterocycles. The zero-order valence-corrected chi connectivity index (χ0v) is 19.7. The maximum atomic E-state index is 12.0. The minimum absolute atomic E-state index is 0.0359. The van der Waals surface area contributed by atoms with E-state index in [4.69, 9.17) is 15.0 Å². The average molecular weight is 470 g/mol. The van der Waals surface area contributed by atoms with Gasteiger partial charge in [-0.05, 0) is 37.6 Å². The topological polar surface area (TPSA) is 96.2 Å². The summed E-state index contributed by atoms with van der Waals surface area (Å²) in [5.74, 6) is 1.76. The number of aromatic nitrogens is 6. The molecule has 0 bridgehead atoms. The van der Waals surface area contributed by atoms with Crippen molar-refractivity contribution >= 4 is 34.4 Å². The van der Waals surface area contributed by atoms with E-state index in [-0.39, 0.29) is 11.7 Å². The summed E-state index contributed by atoms with van der Waals surface area (Å²) >= 11 is 0. The van der Waals surface area contributed by atoms with Gasteiger partial charge in [0.2, 0.25) is 5.95 Å². The maximum absolute atomic E-state index is 12.0. The summed E-state index contributed by atoms with van der Waals surface area (Å²) < 4.78 is 1.98. The van der Waals surface area contributed by atoms with Crippen molar-refractivity contribution < 1.29 is 4.79 Å². The molecule has 0 spiro atoms. The summed E-state index contributed by atoms with van der Waals surface area (Å²) in [5.41, 5.74) is 3.59. The number of anilines is 3. The van der Waals surface area contributed by atoms with Crippen molar-refractivity contribution in [3.8, 4) is 5.69 Å².